The van der Waals surface area contributed by atoms with Crippen LogP contribution in [0.5, 0.6) is 0 Å². The minimum Gasteiger partial charge on any atom is -0.326 e. The van der Waals surface area contributed by atoms with Crippen molar-refractivity contribution < 1.29 is 0 Å². The number of imidazole rings is 1. The fourth-order valence-corrected chi connectivity index (χ4v) is 2.11. The van der Waals surface area contributed by atoms with Crippen molar-refractivity contribution in [1.29, 1.82) is 0 Å². The molecule has 2 N–H and O–H groups in total. The second kappa shape index (κ2) is 6.37. The molecule has 0 saturated heterocycles. The Bertz CT molecular complexity index is 660. The number of benzene rings is 2. The molecule has 0 unspecified atom stereocenters. The summed E-state index contributed by atoms with van der Waals surface area (Å²) < 4.78 is 2.08. The van der Waals surface area contributed by atoms with Crippen molar-refractivity contribution in [1.82, 2.24) is 9.55 Å². The first-order chi connectivity index (χ1) is 9.38. The second-order valence-corrected chi connectivity index (χ2v) is 4.36. The van der Waals surface area contributed by atoms with Gasteiger partial charge in [-0.2, -0.15) is 0 Å². The van der Waals surface area contributed by atoms with Gasteiger partial charge in [0, 0.05) is 30.2 Å². The van der Waals surface area contributed by atoms with Gasteiger partial charge in [-0.3, -0.25) is 4.57 Å². The molecule has 0 amide bonds. The normalized spacial score (nSPS) is 10.1. The number of nitrogens with zero attached hydrogens (tertiary/aromatic N) is 2. The van der Waals surface area contributed by atoms with E-state index in [0.29, 0.717) is 6.54 Å². The Labute approximate surface area is 124 Å². The fourth-order valence-electron chi connectivity index (χ4n) is 2.11. The van der Waals surface area contributed by atoms with Crippen LogP contribution in [0.3, 0.4) is 0 Å². The highest BCUT2D eigenvalue weighted by Gasteiger charge is 2.06. The van der Waals surface area contributed by atoms with Gasteiger partial charge in [-0.15, -0.1) is 12.4 Å². The predicted octanol–water partition coefficient (Wildman–Crippen LogP) is 3.42. The van der Waals surface area contributed by atoms with Crippen molar-refractivity contribution in [2.45, 2.75) is 6.54 Å². The van der Waals surface area contributed by atoms with Crippen molar-refractivity contribution in [3.63, 3.8) is 0 Å². The van der Waals surface area contributed by atoms with Crippen LogP contribution < -0.4 is 5.73 Å². The molecule has 20 heavy (non-hydrogen) atoms. The van der Waals surface area contributed by atoms with Gasteiger partial charge in [0.1, 0.15) is 5.82 Å². The number of nitrogens with two attached hydrogens (primary N) is 1. The molecule has 102 valence electrons. The lowest BCUT2D eigenvalue weighted by atomic mass is 10.2. The van der Waals surface area contributed by atoms with Gasteiger partial charge in [0.2, 0.25) is 0 Å². The molecule has 4 heteroatoms. The smallest absolute Gasteiger partial charge is 0.144 e. The number of hydrogen-bond donors (Lipinski definition) is 1. The highest BCUT2D eigenvalue weighted by atomic mass is 35.5. The van der Waals surface area contributed by atoms with E-state index >= 15 is 0 Å². The third-order valence-electron chi connectivity index (χ3n) is 3.12. The van der Waals surface area contributed by atoms with Gasteiger partial charge in [0.05, 0.1) is 0 Å². The summed E-state index contributed by atoms with van der Waals surface area (Å²) in [5.41, 5.74) is 8.95. The summed E-state index contributed by atoms with van der Waals surface area (Å²) in [4.78, 5) is 4.44. The van der Waals surface area contributed by atoms with Crippen molar-refractivity contribution in [3.05, 3.63) is 72.6 Å². The average Bonchev–Trinajstić information content (AvgIpc) is 2.98. The Balaban J connectivity index is 0.00000147. The monoisotopic (exact) mass is 285 g/mol. The summed E-state index contributed by atoms with van der Waals surface area (Å²) in [6.45, 7) is 0.565. The zero-order valence-corrected chi connectivity index (χ0v) is 11.8. The Kier molecular flexibility index (Phi) is 4.56. The molecule has 0 atom stereocenters. The van der Waals surface area contributed by atoms with E-state index in [1.54, 1.807) is 0 Å². The molecule has 0 saturated carbocycles. The van der Waals surface area contributed by atoms with Gasteiger partial charge in [-0.1, -0.05) is 42.5 Å². The van der Waals surface area contributed by atoms with E-state index < -0.39 is 0 Å². The number of aromatic nitrogens is 2. The molecule has 3 nitrogen and oxygen atoms in total. The van der Waals surface area contributed by atoms with E-state index in [1.165, 1.54) is 0 Å². The van der Waals surface area contributed by atoms with Crippen molar-refractivity contribution in [3.8, 4) is 17.1 Å². The highest BCUT2D eigenvalue weighted by molar-refractivity contribution is 5.85. The van der Waals surface area contributed by atoms with Crippen LogP contribution in [0.2, 0.25) is 0 Å². The van der Waals surface area contributed by atoms with Crippen molar-refractivity contribution >= 4 is 12.4 Å². The molecule has 2 aromatic carbocycles. The van der Waals surface area contributed by atoms with Crippen LogP contribution in [-0.4, -0.2) is 9.55 Å². The molecule has 0 fully saturated rings. The summed E-state index contributed by atoms with van der Waals surface area (Å²) in [6.07, 6.45) is 3.79. The van der Waals surface area contributed by atoms with Crippen LogP contribution in [0.25, 0.3) is 17.1 Å². The lowest BCUT2D eigenvalue weighted by molar-refractivity contribution is 1.04. The van der Waals surface area contributed by atoms with Gasteiger partial charge in [-0.25, -0.2) is 4.98 Å². The molecular formula is C16H16ClN3. The fraction of sp³-hybridized carbons (Fsp3) is 0.0625. The summed E-state index contributed by atoms with van der Waals surface area (Å²) in [5, 5.41) is 0. The average molecular weight is 286 g/mol. The van der Waals surface area contributed by atoms with Gasteiger partial charge in [0.25, 0.3) is 0 Å². The van der Waals surface area contributed by atoms with E-state index in [-0.39, 0.29) is 12.4 Å². The minimum atomic E-state index is 0. The van der Waals surface area contributed by atoms with E-state index in [0.717, 1.165) is 22.6 Å². The lowest BCUT2D eigenvalue weighted by Gasteiger charge is -2.08. The summed E-state index contributed by atoms with van der Waals surface area (Å²) in [5.74, 6) is 0.945. The molecule has 0 aliphatic heterocycles. The maximum absolute atomic E-state index is 5.62. The zero-order valence-electron chi connectivity index (χ0n) is 10.9. The maximum atomic E-state index is 5.62. The number of rotatable bonds is 3. The Morgan fingerprint density at radius 2 is 1.65 bits per heavy atom. The summed E-state index contributed by atoms with van der Waals surface area (Å²) >= 11 is 0. The molecule has 1 aromatic heterocycles. The van der Waals surface area contributed by atoms with Gasteiger partial charge < -0.3 is 5.73 Å². The van der Waals surface area contributed by atoms with Crippen molar-refractivity contribution in [2.75, 3.05) is 0 Å². The lowest BCUT2D eigenvalue weighted by Crippen LogP contribution is -1.99. The van der Waals surface area contributed by atoms with Crippen LogP contribution in [0, 0.1) is 0 Å². The van der Waals surface area contributed by atoms with Gasteiger partial charge in [0.15, 0.2) is 0 Å². The van der Waals surface area contributed by atoms with E-state index in [4.69, 9.17) is 5.73 Å². The Morgan fingerprint density at radius 1 is 0.950 bits per heavy atom. The standard InChI is InChI=1S/C16H15N3.ClH/c17-12-13-6-8-15(9-7-13)19-11-10-18-16(19)14-4-2-1-3-5-14;/h1-11H,12,17H2;1H. The molecule has 1 heterocycles. The first-order valence-electron chi connectivity index (χ1n) is 6.26. The van der Waals surface area contributed by atoms with Crippen LogP contribution in [0.4, 0.5) is 0 Å². The van der Waals surface area contributed by atoms with Crippen molar-refractivity contribution in [2.24, 2.45) is 5.73 Å². The largest absolute Gasteiger partial charge is 0.326 e. The molecular weight excluding hydrogens is 270 g/mol. The first kappa shape index (κ1) is 14.3. The highest BCUT2D eigenvalue weighted by Crippen LogP contribution is 2.21. The molecule has 0 spiro atoms. The van der Waals surface area contributed by atoms with E-state index in [9.17, 15) is 0 Å². The molecule has 0 bridgehead atoms. The first-order valence-corrected chi connectivity index (χ1v) is 6.26. The third kappa shape index (κ3) is 2.74. The second-order valence-electron chi connectivity index (χ2n) is 4.36. The number of hydrogen-bond acceptors (Lipinski definition) is 2. The third-order valence-corrected chi connectivity index (χ3v) is 3.12. The maximum Gasteiger partial charge on any atom is 0.144 e. The summed E-state index contributed by atoms with van der Waals surface area (Å²) in [6, 6.07) is 18.4. The van der Waals surface area contributed by atoms with Gasteiger partial charge in [-0.05, 0) is 17.7 Å². The molecule has 0 aliphatic carbocycles. The van der Waals surface area contributed by atoms with Crippen LogP contribution in [-0.2, 0) is 6.54 Å². The quantitative estimate of drug-likeness (QED) is 0.801. The SMILES string of the molecule is Cl.NCc1ccc(-n2ccnc2-c2ccccc2)cc1. The minimum absolute atomic E-state index is 0. The number of halogens is 1. The zero-order chi connectivity index (χ0) is 13.1. The Morgan fingerprint density at radius 3 is 2.30 bits per heavy atom. The van der Waals surface area contributed by atoms with E-state index in [1.807, 2.05) is 42.7 Å². The van der Waals surface area contributed by atoms with E-state index in [2.05, 4.69) is 33.8 Å². The molecule has 0 radical (unpaired) electrons. The molecule has 0 aliphatic rings. The van der Waals surface area contributed by atoms with Gasteiger partial charge >= 0.3 is 0 Å². The van der Waals surface area contributed by atoms with Crippen LogP contribution >= 0.6 is 12.4 Å². The molecule has 3 rings (SSSR count). The van der Waals surface area contributed by atoms with Crippen LogP contribution in [0.1, 0.15) is 5.56 Å². The predicted molar refractivity (Wildman–Crippen MR) is 84.1 cm³/mol. The molecule has 3 aromatic rings. The summed E-state index contributed by atoms with van der Waals surface area (Å²) in [7, 11) is 0. The van der Waals surface area contributed by atoms with Crippen LogP contribution in [0.15, 0.2) is 67.0 Å². The topological polar surface area (TPSA) is 43.8 Å². The Hall–Kier alpha value is -2.10.